The summed E-state index contributed by atoms with van der Waals surface area (Å²) in [5.41, 5.74) is 1.80. The van der Waals surface area contributed by atoms with Crippen LogP contribution < -0.4 is 10.6 Å². The first kappa shape index (κ1) is 18.9. The summed E-state index contributed by atoms with van der Waals surface area (Å²) in [6.07, 6.45) is 1.50. The fourth-order valence-corrected chi connectivity index (χ4v) is 3.06. The van der Waals surface area contributed by atoms with Gasteiger partial charge in [-0.2, -0.15) is 5.26 Å². The number of benzene rings is 2. The van der Waals surface area contributed by atoms with Crippen molar-refractivity contribution in [2.45, 2.75) is 6.54 Å². The standard InChI is InChI=1S/C23H16N4O3/c24-13-19(23(29)25-14-16-9-6-12-30-16)20-17-10-4-5-11-18(17)21(26-20)27-22(28)15-7-2-1-3-8-15/h1-12H,14H2,(H,25,29)(H,26,27,28)/b20-19-. The number of nitrogens with one attached hydrogen (secondary N) is 2. The molecule has 1 aromatic heterocycles. The van der Waals surface area contributed by atoms with Gasteiger partial charge in [-0.1, -0.05) is 42.5 Å². The van der Waals surface area contributed by atoms with Crippen molar-refractivity contribution in [1.29, 1.82) is 5.26 Å². The van der Waals surface area contributed by atoms with E-state index in [1.807, 2.05) is 12.1 Å². The van der Waals surface area contributed by atoms with E-state index in [4.69, 9.17) is 4.42 Å². The van der Waals surface area contributed by atoms with Crippen molar-refractivity contribution >= 4 is 23.3 Å². The van der Waals surface area contributed by atoms with E-state index in [9.17, 15) is 14.9 Å². The molecule has 7 heteroatoms. The minimum atomic E-state index is -0.571. The van der Waals surface area contributed by atoms with Crippen LogP contribution in [-0.4, -0.2) is 17.6 Å². The maximum atomic E-state index is 12.6. The lowest BCUT2D eigenvalue weighted by Crippen LogP contribution is -2.30. The predicted molar refractivity (Wildman–Crippen MR) is 110 cm³/mol. The molecule has 2 heterocycles. The molecule has 0 saturated carbocycles. The molecule has 1 aliphatic rings. The fourth-order valence-electron chi connectivity index (χ4n) is 3.06. The van der Waals surface area contributed by atoms with E-state index in [0.29, 0.717) is 28.3 Å². The summed E-state index contributed by atoms with van der Waals surface area (Å²) in [6, 6.07) is 21.2. The molecule has 7 nitrogen and oxygen atoms in total. The third-order valence-electron chi connectivity index (χ3n) is 4.51. The zero-order valence-electron chi connectivity index (χ0n) is 15.8. The Hall–Kier alpha value is -4.44. The molecule has 2 N–H and O–H groups in total. The third kappa shape index (κ3) is 3.75. The Balaban J connectivity index is 1.65. The maximum Gasteiger partial charge on any atom is 0.264 e. The highest BCUT2D eigenvalue weighted by atomic mass is 16.3. The molecule has 4 rings (SSSR count). The van der Waals surface area contributed by atoms with E-state index in [2.05, 4.69) is 15.6 Å². The number of amides is 2. The average molecular weight is 396 g/mol. The van der Waals surface area contributed by atoms with Gasteiger partial charge in [-0.25, -0.2) is 4.99 Å². The van der Waals surface area contributed by atoms with Crippen LogP contribution in [0.25, 0.3) is 5.70 Å². The summed E-state index contributed by atoms with van der Waals surface area (Å²) >= 11 is 0. The molecule has 0 saturated heterocycles. The molecule has 3 aromatic rings. The molecular formula is C23H16N4O3. The topological polar surface area (TPSA) is 107 Å². The van der Waals surface area contributed by atoms with Gasteiger partial charge in [0, 0.05) is 16.7 Å². The molecule has 2 aromatic carbocycles. The van der Waals surface area contributed by atoms with Crippen LogP contribution in [-0.2, 0) is 11.3 Å². The van der Waals surface area contributed by atoms with Gasteiger partial charge >= 0.3 is 0 Å². The van der Waals surface area contributed by atoms with Crippen LogP contribution >= 0.6 is 0 Å². The summed E-state index contributed by atoms with van der Waals surface area (Å²) in [5, 5.41) is 15.1. The molecule has 0 atom stereocenters. The number of fused-ring (bicyclic) bond motifs is 1. The zero-order chi connectivity index (χ0) is 20.9. The first-order valence-electron chi connectivity index (χ1n) is 9.17. The van der Waals surface area contributed by atoms with Crippen molar-refractivity contribution in [3.63, 3.8) is 0 Å². The van der Waals surface area contributed by atoms with E-state index in [1.54, 1.807) is 60.7 Å². The summed E-state index contributed by atoms with van der Waals surface area (Å²) < 4.78 is 5.19. The molecule has 0 spiro atoms. The highest BCUT2D eigenvalue weighted by Gasteiger charge is 2.27. The van der Waals surface area contributed by atoms with Gasteiger partial charge in [0.15, 0.2) is 0 Å². The number of aliphatic imine (C=N–C) groups is 1. The maximum absolute atomic E-state index is 12.6. The summed E-state index contributed by atoms with van der Waals surface area (Å²) in [4.78, 5) is 29.6. The lowest BCUT2D eigenvalue weighted by molar-refractivity contribution is -0.117. The fraction of sp³-hybridized carbons (Fsp3) is 0.0435. The van der Waals surface area contributed by atoms with Gasteiger partial charge in [-0.3, -0.25) is 9.59 Å². The molecule has 146 valence electrons. The second-order valence-corrected chi connectivity index (χ2v) is 6.42. The van der Waals surface area contributed by atoms with Crippen molar-refractivity contribution in [3.8, 4) is 6.07 Å². The second kappa shape index (κ2) is 8.29. The molecule has 30 heavy (non-hydrogen) atoms. The van der Waals surface area contributed by atoms with Gasteiger partial charge in [0.05, 0.1) is 18.5 Å². The Bertz CT molecular complexity index is 1200. The number of amidine groups is 1. The average Bonchev–Trinajstić information content (AvgIpc) is 3.42. The Kier molecular flexibility index (Phi) is 5.22. The molecular weight excluding hydrogens is 380 g/mol. The molecule has 2 amide bonds. The van der Waals surface area contributed by atoms with Crippen LogP contribution in [0.1, 0.15) is 27.2 Å². The van der Waals surface area contributed by atoms with E-state index < -0.39 is 5.91 Å². The highest BCUT2D eigenvalue weighted by molar-refractivity contribution is 6.20. The van der Waals surface area contributed by atoms with Gasteiger partial charge in [0.2, 0.25) is 0 Å². The lowest BCUT2D eigenvalue weighted by Gasteiger charge is -2.06. The number of carbonyl (C=O) groups is 2. The van der Waals surface area contributed by atoms with Crippen molar-refractivity contribution in [3.05, 3.63) is 101 Å². The quantitative estimate of drug-likeness (QED) is 0.522. The number of nitrogens with zero attached hydrogens (tertiary/aromatic N) is 2. The van der Waals surface area contributed by atoms with Crippen LogP contribution in [0.4, 0.5) is 0 Å². The molecule has 0 bridgehead atoms. The minimum absolute atomic E-state index is 0.141. The number of carbonyl (C=O) groups excluding carboxylic acids is 2. The first-order valence-corrected chi connectivity index (χ1v) is 9.17. The van der Waals surface area contributed by atoms with Gasteiger partial charge in [-0.15, -0.1) is 0 Å². The lowest BCUT2D eigenvalue weighted by atomic mass is 10.0. The zero-order valence-corrected chi connectivity index (χ0v) is 15.8. The third-order valence-corrected chi connectivity index (χ3v) is 4.51. The molecule has 1 aliphatic heterocycles. The largest absolute Gasteiger partial charge is 0.467 e. The summed E-state index contributed by atoms with van der Waals surface area (Å²) in [5.74, 6) is -0.0397. The van der Waals surface area contributed by atoms with Crippen molar-refractivity contribution in [2.24, 2.45) is 4.99 Å². The number of nitriles is 1. The SMILES string of the molecule is N#C/C(C(=O)NCc1ccco1)=C1/N=C(NC(=O)c2ccccc2)c2ccccc21. The van der Waals surface area contributed by atoms with E-state index in [-0.39, 0.29) is 23.7 Å². The Morgan fingerprint density at radius 2 is 1.70 bits per heavy atom. The predicted octanol–water partition coefficient (Wildman–Crippen LogP) is 3.02. The monoisotopic (exact) mass is 396 g/mol. The first-order chi connectivity index (χ1) is 14.7. The van der Waals surface area contributed by atoms with Crippen molar-refractivity contribution < 1.29 is 14.0 Å². The van der Waals surface area contributed by atoms with Crippen LogP contribution in [0.5, 0.6) is 0 Å². The molecule has 0 fully saturated rings. The van der Waals surface area contributed by atoms with E-state index >= 15 is 0 Å². The Morgan fingerprint density at radius 1 is 0.967 bits per heavy atom. The Labute approximate surface area is 172 Å². The van der Waals surface area contributed by atoms with E-state index in [0.717, 1.165) is 0 Å². The summed E-state index contributed by atoms with van der Waals surface area (Å²) in [7, 11) is 0. The highest BCUT2D eigenvalue weighted by Crippen LogP contribution is 2.30. The summed E-state index contributed by atoms with van der Waals surface area (Å²) in [6.45, 7) is 0.146. The van der Waals surface area contributed by atoms with Crippen LogP contribution in [0, 0.1) is 11.3 Å². The van der Waals surface area contributed by atoms with Gasteiger partial charge < -0.3 is 15.1 Å². The number of hydrogen-bond acceptors (Lipinski definition) is 5. The molecule has 0 unspecified atom stereocenters. The normalized spacial score (nSPS) is 13.6. The number of hydrogen-bond donors (Lipinski definition) is 2. The minimum Gasteiger partial charge on any atom is -0.467 e. The molecule has 0 radical (unpaired) electrons. The Morgan fingerprint density at radius 3 is 2.40 bits per heavy atom. The smallest absolute Gasteiger partial charge is 0.264 e. The van der Waals surface area contributed by atoms with Gasteiger partial charge in [0.25, 0.3) is 11.8 Å². The molecule has 0 aliphatic carbocycles. The van der Waals surface area contributed by atoms with E-state index in [1.165, 1.54) is 6.26 Å². The van der Waals surface area contributed by atoms with Crippen LogP contribution in [0.2, 0.25) is 0 Å². The number of rotatable bonds is 4. The van der Waals surface area contributed by atoms with Gasteiger partial charge in [0.1, 0.15) is 23.2 Å². The van der Waals surface area contributed by atoms with Crippen molar-refractivity contribution in [1.82, 2.24) is 10.6 Å². The van der Waals surface area contributed by atoms with Crippen LogP contribution in [0.3, 0.4) is 0 Å². The van der Waals surface area contributed by atoms with Crippen molar-refractivity contribution in [2.75, 3.05) is 0 Å². The number of furan rings is 1. The van der Waals surface area contributed by atoms with Gasteiger partial charge in [-0.05, 0) is 24.3 Å². The second-order valence-electron chi connectivity index (χ2n) is 6.42. The van der Waals surface area contributed by atoms with Crippen LogP contribution in [0.15, 0.2) is 88.0 Å².